The van der Waals surface area contributed by atoms with Crippen molar-refractivity contribution >= 4 is 17.7 Å². The van der Waals surface area contributed by atoms with E-state index < -0.39 is 5.97 Å². The third kappa shape index (κ3) is 5.05. The average Bonchev–Trinajstić information content (AvgIpc) is 3.14. The molecule has 8 heteroatoms. The molecule has 0 saturated carbocycles. The summed E-state index contributed by atoms with van der Waals surface area (Å²) in [6, 6.07) is 16.4. The van der Waals surface area contributed by atoms with Gasteiger partial charge in [0.2, 0.25) is 0 Å². The molecule has 0 atom stereocenters. The van der Waals surface area contributed by atoms with Gasteiger partial charge in [0.25, 0.3) is 5.56 Å². The molecule has 3 heterocycles. The van der Waals surface area contributed by atoms with Gasteiger partial charge in [0.1, 0.15) is 29.6 Å². The fourth-order valence-electron chi connectivity index (χ4n) is 4.03. The molecule has 0 aliphatic carbocycles. The Bertz CT molecular complexity index is 1570. The molecule has 8 nitrogen and oxygen atoms in total. The fraction of sp³-hybridized carbons (Fsp3) is 0.214. The van der Waals surface area contributed by atoms with Crippen molar-refractivity contribution in [1.29, 1.82) is 5.26 Å². The van der Waals surface area contributed by atoms with Crippen LogP contribution < -0.4 is 10.3 Å². The van der Waals surface area contributed by atoms with E-state index in [2.05, 4.69) is 4.98 Å². The SMILES string of the molecule is CCOc1ccc(-n2c(C)cc(/C=C(/C#N)C(=O)OCc3cc(=O)n4cc(C)ccc4n3)c2C)cc1. The van der Waals surface area contributed by atoms with Crippen LogP contribution in [0.3, 0.4) is 0 Å². The van der Waals surface area contributed by atoms with Gasteiger partial charge in [-0.15, -0.1) is 0 Å². The van der Waals surface area contributed by atoms with Crippen LogP contribution >= 0.6 is 0 Å². The average molecular weight is 483 g/mol. The van der Waals surface area contributed by atoms with Gasteiger partial charge in [0.05, 0.1) is 12.3 Å². The maximum absolute atomic E-state index is 12.7. The number of nitrogens with zero attached hydrogens (tertiary/aromatic N) is 4. The Morgan fingerprint density at radius 2 is 1.86 bits per heavy atom. The maximum atomic E-state index is 12.7. The monoisotopic (exact) mass is 482 g/mol. The third-order valence-corrected chi connectivity index (χ3v) is 5.73. The summed E-state index contributed by atoms with van der Waals surface area (Å²) in [5.41, 5.74) is 4.77. The van der Waals surface area contributed by atoms with E-state index in [4.69, 9.17) is 9.47 Å². The summed E-state index contributed by atoms with van der Waals surface area (Å²) < 4.78 is 14.3. The van der Waals surface area contributed by atoms with Crippen molar-refractivity contribution < 1.29 is 14.3 Å². The minimum Gasteiger partial charge on any atom is -0.494 e. The zero-order valence-electron chi connectivity index (χ0n) is 20.6. The molecule has 182 valence electrons. The zero-order chi connectivity index (χ0) is 25.8. The van der Waals surface area contributed by atoms with Crippen LogP contribution in [0.1, 0.15) is 35.1 Å². The summed E-state index contributed by atoms with van der Waals surface area (Å²) in [4.78, 5) is 29.4. The lowest BCUT2D eigenvalue weighted by Crippen LogP contribution is -2.17. The predicted octanol–water partition coefficient (Wildman–Crippen LogP) is 4.46. The van der Waals surface area contributed by atoms with Crippen molar-refractivity contribution in [2.24, 2.45) is 0 Å². The molecular formula is C28H26N4O4. The van der Waals surface area contributed by atoms with Gasteiger partial charge >= 0.3 is 5.97 Å². The Hall–Kier alpha value is -4.64. The summed E-state index contributed by atoms with van der Waals surface area (Å²) >= 11 is 0. The van der Waals surface area contributed by atoms with Crippen LogP contribution in [0.4, 0.5) is 0 Å². The van der Waals surface area contributed by atoms with Gasteiger partial charge in [-0.2, -0.15) is 5.26 Å². The van der Waals surface area contributed by atoms with Crippen molar-refractivity contribution in [2.75, 3.05) is 6.61 Å². The normalized spacial score (nSPS) is 11.4. The molecule has 36 heavy (non-hydrogen) atoms. The molecule has 0 bridgehead atoms. The third-order valence-electron chi connectivity index (χ3n) is 5.73. The second-order valence-corrected chi connectivity index (χ2v) is 8.36. The molecule has 0 saturated heterocycles. The van der Waals surface area contributed by atoms with E-state index in [9.17, 15) is 14.9 Å². The summed E-state index contributed by atoms with van der Waals surface area (Å²) in [6.45, 7) is 8.07. The van der Waals surface area contributed by atoms with E-state index in [0.717, 1.165) is 34.0 Å². The molecule has 0 spiro atoms. The second kappa shape index (κ2) is 10.3. The number of benzene rings is 1. The first-order chi connectivity index (χ1) is 17.3. The molecule has 0 fully saturated rings. The molecule has 0 aliphatic rings. The molecule has 1 aromatic carbocycles. The minimum absolute atomic E-state index is 0.143. The number of esters is 1. The van der Waals surface area contributed by atoms with Gasteiger partial charge in [0.15, 0.2) is 0 Å². The number of pyridine rings is 1. The number of hydrogen-bond acceptors (Lipinski definition) is 6. The van der Waals surface area contributed by atoms with Crippen LogP contribution in [0, 0.1) is 32.1 Å². The second-order valence-electron chi connectivity index (χ2n) is 8.36. The Labute approximate surface area is 208 Å². The predicted molar refractivity (Wildman–Crippen MR) is 136 cm³/mol. The number of carbonyl (C=O) groups is 1. The number of rotatable bonds is 7. The molecule has 4 aromatic rings. The number of nitriles is 1. The molecule has 0 unspecified atom stereocenters. The highest BCUT2D eigenvalue weighted by molar-refractivity contribution is 5.98. The first kappa shape index (κ1) is 24.5. The highest BCUT2D eigenvalue weighted by atomic mass is 16.5. The Kier molecular flexibility index (Phi) is 7.02. The van der Waals surface area contributed by atoms with Crippen LogP contribution in [0.15, 0.2) is 65.1 Å². The molecule has 0 N–H and O–H groups in total. The Balaban J connectivity index is 1.54. The Morgan fingerprint density at radius 3 is 2.56 bits per heavy atom. The van der Waals surface area contributed by atoms with Crippen molar-refractivity contribution in [2.45, 2.75) is 34.3 Å². The van der Waals surface area contributed by atoms with Gasteiger partial charge in [-0.05, 0) is 81.3 Å². The van der Waals surface area contributed by atoms with Crippen molar-refractivity contribution in [3.63, 3.8) is 0 Å². The number of aryl methyl sites for hydroxylation is 2. The van der Waals surface area contributed by atoms with E-state index in [1.165, 1.54) is 16.5 Å². The fourth-order valence-corrected chi connectivity index (χ4v) is 4.03. The molecule has 3 aromatic heterocycles. The van der Waals surface area contributed by atoms with Gasteiger partial charge in [0, 0.05) is 29.3 Å². The van der Waals surface area contributed by atoms with Gasteiger partial charge in [-0.1, -0.05) is 6.07 Å². The molecular weight excluding hydrogens is 456 g/mol. The van der Waals surface area contributed by atoms with Crippen LogP contribution in [0.2, 0.25) is 0 Å². The lowest BCUT2D eigenvalue weighted by atomic mass is 10.1. The van der Waals surface area contributed by atoms with E-state index in [0.29, 0.717) is 17.9 Å². The first-order valence-electron chi connectivity index (χ1n) is 11.5. The highest BCUT2D eigenvalue weighted by Crippen LogP contribution is 2.24. The highest BCUT2D eigenvalue weighted by Gasteiger charge is 2.16. The smallest absolute Gasteiger partial charge is 0.349 e. The minimum atomic E-state index is -0.783. The summed E-state index contributed by atoms with van der Waals surface area (Å²) in [5, 5.41) is 9.62. The molecule has 0 amide bonds. The number of ether oxygens (including phenoxy) is 2. The van der Waals surface area contributed by atoms with E-state index >= 15 is 0 Å². The van der Waals surface area contributed by atoms with Gasteiger partial charge < -0.3 is 14.0 Å². The van der Waals surface area contributed by atoms with Crippen LogP contribution in [0.5, 0.6) is 5.75 Å². The van der Waals surface area contributed by atoms with E-state index in [1.807, 2.05) is 74.7 Å². The maximum Gasteiger partial charge on any atom is 0.349 e. The molecule has 0 radical (unpaired) electrons. The zero-order valence-corrected chi connectivity index (χ0v) is 20.6. The van der Waals surface area contributed by atoms with Crippen LogP contribution in [-0.4, -0.2) is 26.5 Å². The summed E-state index contributed by atoms with van der Waals surface area (Å²) in [5.74, 6) is 0.00586. The van der Waals surface area contributed by atoms with Crippen LogP contribution in [-0.2, 0) is 16.1 Å². The number of carbonyl (C=O) groups excluding carboxylic acids is 1. The lowest BCUT2D eigenvalue weighted by molar-refractivity contribution is -0.139. The molecule has 4 rings (SSSR count). The van der Waals surface area contributed by atoms with Gasteiger partial charge in [-0.3, -0.25) is 9.20 Å². The number of fused-ring (bicyclic) bond motifs is 1. The first-order valence-corrected chi connectivity index (χ1v) is 11.5. The Morgan fingerprint density at radius 1 is 1.11 bits per heavy atom. The van der Waals surface area contributed by atoms with Crippen molar-refractivity contribution in [3.05, 3.63) is 98.9 Å². The van der Waals surface area contributed by atoms with Crippen LogP contribution in [0.25, 0.3) is 17.4 Å². The largest absolute Gasteiger partial charge is 0.494 e. The van der Waals surface area contributed by atoms with E-state index in [-0.39, 0.29) is 17.7 Å². The molecule has 0 aliphatic heterocycles. The lowest BCUT2D eigenvalue weighted by Gasteiger charge is -2.11. The summed E-state index contributed by atoms with van der Waals surface area (Å²) in [6.07, 6.45) is 3.21. The quantitative estimate of drug-likeness (QED) is 0.219. The van der Waals surface area contributed by atoms with E-state index in [1.54, 1.807) is 12.3 Å². The van der Waals surface area contributed by atoms with Gasteiger partial charge in [-0.25, -0.2) is 9.78 Å². The van der Waals surface area contributed by atoms with Crippen molar-refractivity contribution in [1.82, 2.24) is 14.0 Å². The topological polar surface area (TPSA) is 98.6 Å². The summed E-state index contributed by atoms with van der Waals surface area (Å²) in [7, 11) is 0. The standard InChI is InChI=1S/C28H26N4O4/c1-5-35-25-9-7-24(8-10-25)32-19(3)12-21(20(32)4)13-22(15-29)28(34)36-17-23-14-27(33)31-16-18(2)6-11-26(31)30-23/h6-14,16H,5,17H2,1-4H3/b22-13-. The number of hydrogen-bond donors (Lipinski definition) is 0. The van der Waals surface area contributed by atoms with Crippen molar-refractivity contribution in [3.8, 4) is 17.5 Å². The number of aromatic nitrogens is 3.